The van der Waals surface area contributed by atoms with Gasteiger partial charge in [0.25, 0.3) is 0 Å². The molecule has 2 atom stereocenters. The molecule has 0 aliphatic carbocycles. The number of hydrogen-bond donors (Lipinski definition) is 1. The first-order valence-electron chi connectivity index (χ1n) is 10.0. The van der Waals surface area contributed by atoms with Crippen LogP contribution in [0, 0.1) is 0 Å². The van der Waals surface area contributed by atoms with Gasteiger partial charge < -0.3 is 14.6 Å². The standard InChI is InChI=1S/C20H27N3O2.C2HF3O2/c1-4-11-25-20-9-10-23(15-16-5-7-18(24-3)8-6-16)19(20)12-17-13-21-22(2)14-17;3-2(4,5)1(6)7/h4-8,13-14,19-20H,1,9-12,15H2,2-3H3;(H,6,7)/t19-,20+;/m0./s1. The summed E-state index contributed by atoms with van der Waals surface area (Å²) in [4.78, 5) is 11.4. The van der Waals surface area contributed by atoms with Crippen LogP contribution >= 0.6 is 0 Å². The van der Waals surface area contributed by atoms with Crippen molar-refractivity contribution in [2.45, 2.75) is 37.7 Å². The maximum atomic E-state index is 10.6. The van der Waals surface area contributed by atoms with Gasteiger partial charge in [0.05, 0.1) is 26.0 Å². The van der Waals surface area contributed by atoms with Crippen LogP contribution in [0.1, 0.15) is 17.5 Å². The number of ether oxygens (including phenoxy) is 2. The highest BCUT2D eigenvalue weighted by Gasteiger charge is 2.38. The van der Waals surface area contributed by atoms with Crippen LogP contribution in [0.25, 0.3) is 0 Å². The summed E-state index contributed by atoms with van der Waals surface area (Å²) in [6, 6.07) is 8.67. The Bertz CT molecular complexity index is 868. The van der Waals surface area contributed by atoms with Gasteiger partial charge in [-0.15, -0.1) is 6.58 Å². The summed E-state index contributed by atoms with van der Waals surface area (Å²) in [7, 11) is 3.65. The van der Waals surface area contributed by atoms with Crippen LogP contribution in [0.2, 0.25) is 0 Å². The van der Waals surface area contributed by atoms with Crippen molar-refractivity contribution < 1.29 is 32.5 Å². The van der Waals surface area contributed by atoms with Crippen molar-refractivity contribution in [1.82, 2.24) is 14.7 Å². The molecule has 2 heterocycles. The molecule has 1 N–H and O–H groups in total. The van der Waals surface area contributed by atoms with Crippen molar-refractivity contribution in [3.8, 4) is 5.75 Å². The zero-order chi connectivity index (χ0) is 23.7. The second-order valence-electron chi connectivity index (χ2n) is 7.36. The predicted molar refractivity (Wildman–Crippen MR) is 112 cm³/mol. The van der Waals surface area contributed by atoms with Gasteiger partial charge in [0.2, 0.25) is 0 Å². The van der Waals surface area contributed by atoms with E-state index in [9.17, 15) is 13.2 Å². The largest absolute Gasteiger partial charge is 0.497 e. The van der Waals surface area contributed by atoms with Crippen LogP contribution in [-0.4, -0.2) is 64.3 Å². The van der Waals surface area contributed by atoms with Crippen molar-refractivity contribution in [3.63, 3.8) is 0 Å². The molecule has 0 radical (unpaired) electrons. The van der Waals surface area contributed by atoms with E-state index >= 15 is 0 Å². The molecule has 1 aromatic carbocycles. The molecule has 1 aliphatic rings. The summed E-state index contributed by atoms with van der Waals surface area (Å²) >= 11 is 0. The van der Waals surface area contributed by atoms with E-state index in [1.54, 1.807) is 7.11 Å². The van der Waals surface area contributed by atoms with E-state index in [4.69, 9.17) is 19.4 Å². The quantitative estimate of drug-likeness (QED) is 0.615. The van der Waals surface area contributed by atoms with Gasteiger partial charge in [-0.3, -0.25) is 9.58 Å². The van der Waals surface area contributed by atoms with E-state index in [0.717, 1.165) is 31.7 Å². The monoisotopic (exact) mass is 455 g/mol. The number of alkyl halides is 3. The number of aliphatic carboxylic acids is 1. The van der Waals surface area contributed by atoms with E-state index in [1.165, 1.54) is 11.1 Å². The normalized spacial score (nSPS) is 18.7. The van der Waals surface area contributed by atoms with Gasteiger partial charge in [-0.05, 0) is 36.1 Å². The molecular formula is C22H28F3N3O4. The number of hydrogen-bond acceptors (Lipinski definition) is 5. The molecule has 1 fully saturated rings. The molecule has 10 heteroatoms. The number of nitrogens with zero attached hydrogens (tertiary/aromatic N) is 3. The number of carboxylic acid groups (broad SMARTS) is 1. The SMILES string of the molecule is C=CCO[C@@H]1CCN(Cc2ccc(OC)cc2)[C@H]1Cc1cnn(C)c1.O=C(O)C(F)(F)F. The van der Waals surface area contributed by atoms with Gasteiger partial charge >= 0.3 is 12.1 Å². The molecule has 1 aromatic heterocycles. The zero-order valence-electron chi connectivity index (χ0n) is 18.1. The molecule has 0 spiro atoms. The van der Waals surface area contributed by atoms with E-state index in [-0.39, 0.29) is 6.10 Å². The molecule has 32 heavy (non-hydrogen) atoms. The molecule has 0 saturated carbocycles. The lowest BCUT2D eigenvalue weighted by Gasteiger charge is -2.28. The Balaban J connectivity index is 0.000000451. The topological polar surface area (TPSA) is 76.8 Å². The number of methoxy groups -OCH3 is 1. The minimum Gasteiger partial charge on any atom is -0.497 e. The summed E-state index contributed by atoms with van der Waals surface area (Å²) in [5.41, 5.74) is 2.54. The third kappa shape index (κ3) is 7.69. The highest BCUT2D eigenvalue weighted by Crippen LogP contribution is 2.27. The Morgan fingerprint density at radius 2 is 1.97 bits per heavy atom. The Labute approximate surface area is 185 Å². The Kier molecular flexibility index (Phi) is 9.27. The number of carbonyl (C=O) groups is 1. The number of halogens is 3. The van der Waals surface area contributed by atoms with Crippen molar-refractivity contribution in [3.05, 3.63) is 60.4 Å². The predicted octanol–water partition coefficient (Wildman–Crippen LogP) is 3.45. The van der Waals surface area contributed by atoms with Crippen LogP contribution in [0.5, 0.6) is 5.75 Å². The second kappa shape index (κ2) is 11.7. The Morgan fingerprint density at radius 1 is 1.31 bits per heavy atom. The molecule has 0 amide bonds. The van der Waals surface area contributed by atoms with Crippen molar-refractivity contribution in [2.24, 2.45) is 7.05 Å². The minimum atomic E-state index is -5.08. The average molecular weight is 455 g/mol. The lowest BCUT2D eigenvalue weighted by atomic mass is 10.0. The van der Waals surface area contributed by atoms with Crippen molar-refractivity contribution in [1.29, 1.82) is 0 Å². The van der Waals surface area contributed by atoms with E-state index in [1.807, 2.05) is 36.1 Å². The van der Waals surface area contributed by atoms with Crippen LogP contribution < -0.4 is 4.74 Å². The number of rotatable bonds is 8. The van der Waals surface area contributed by atoms with E-state index in [2.05, 4.69) is 34.9 Å². The number of carboxylic acids is 1. The number of likely N-dealkylation sites (tertiary alicyclic amines) is 1. The Morgan fingerprint density at radius 3 is 2.47 bits per heavy atom. The first-order chi connectivity index (χ1) is 15.1. The second-order valence-corrected chi connectivity index (χ2v) is 7.36. The van der Waals surface area contributed by atoms with Gasteiger partial charge in [-0.1, -0.05) is 18.2 Å². The number of aromatic nitrogens is 2. The summed E-state index contributed by atoms with van der Waals surface area (Å²) in [5.74, 6) is -1.86. The third-order valence-corrected chi connectivity index (χ3v) is 5.02. The molecule has 2 aromatic rings. The fourth-order valence-electron chi connectivity index (χ4n) is 3.51. The maximum absolute atomic E-state index is 10.6. The lowest BCUT2D eigenvalue weighted by molar-refractivity contribution is -0.192. The number of aryl methyl sites for hydroxylation is 1. The van der Waals surface area contributed by atoms with Crippen molar-refractivity contribution in [2.75, 3.05) is 20.3 Å². The van der Waals surface area contributed by atoms with Crippen LogP contribution in [0.15, 0.2) is 49.3 Å². The summed E-state index contributed by atoms with van der Waals surface area (Å²) in [6.07, 6.45) is 3.02. The highest BCUT2D eigenvalue weighted by molar-refractivity contribution is 5.73. The van der Waals surface area contributed by atoms with Gasteiger partial charge in [-0.2, -0.15) is 18.3 Å². The van der Waals surface area contributed by atoms with E-state index < -0.39 is 12.1 Å². The summed E-state index contributed by atoms with van der Waals surface area (Å²) < 4.78 is 44.9. The van der Waals surface area contributed by atoms with E-state index in [0.29, 0.717) is 12.6 Å². The van der Waals surface area contributed by atoms with Crippen molar-refractivity contribution >= 4 is 5.97 Å². The molecule has 176 valence electrons. The lowest BCUT2D eigenvalue weighted by Crippen LogP contribution is -2.37. The Hall–Kier alpha value is -2.85. The molecule has 7 nitrogen and oxygen atoms in total. The first kappa shape index (κ1) is 25.4. The molecule has 1 saturated heterocycles. The third-order valence-electron chi connectivity index (χ3n) is 5.02. The molecule has 0 bridgehead atoms. The average Bonchev–Trinajstić information content (AvgIpc) is 3.33. The van der Waals surface area contributed by atoms with Crippen LogP contribution in [-0.2, 0) is 29.5 Å². The molecule has 0 unspecified atom stereocenters. The minimum absolute atomic E-state index is 0.233. The summed E-state index contributed by atoms with van der Waals surface area (Å²) in [5, 5.41) is 11.4. The first-order valence-corrected chi connectivity index (χ1v) is 10.0. The van der Waals surface area contributed by atoms with Gasteiger partial charge in [0.1, 0.15) is 5.75 Å². The maximum Gasteiger partial charge on any atom is 0.490 e. The molecular weight excluding hydrogens is 427 g/mol. The van der Waals surface area contributed by atoms with Crippen LogP contribution in [0.4, 0.5) is 13.2 Å². The van der Waals surface area contributed by atoms with Gasteiger partial charge in [-0.25, -0.2) is 4.79 Å². The fraction of sp³-hybridized carbons (Fsp3) is 0.455. The molecule has 3 rings (SSSR count). The molecule has 1 aliphatic heterocycles. The summed E-state index contributed by atoms with van der Waals surface area (Å²) in [6.45, 7) is 6.34. The highest BCUT2D eigenvalue weighted by atomic mass is 19.4. The van der Waals surface area contributed by atoms with Gasteiger partial charge in [0.15, 0.2) is 0 Å². The van der Waals surface area contributed by atoms with Crippen LogP contribution in [0.3, 0.4) is 0 Å². The smallest absolute Gasteiger partial charge is 0.490 e. The zero-order valence-corrected chi connectivity index (χ0v) is 18.1. The fourth-order valence-corrected chi connectivity index (χ4v) is 3.51. The number of benzene rings is 1. The van der Waals surface area contributed by atoms with Gasteiger partial charge in [0, 0.05) is 32.4 Å².